The maximum atomic E-state index is 13.0. The highest BCUT2D eigenvalue weighted by atomic mass is 79.9. The van der Waals surface area contributed by atoms with Gasteiger partial charge in [-0.25, -0.2) is 9.82 Å². The van der Waals surface area contributed by atoms with Crippen molar-refractivity contribution in [3.05, 3.63) is 92.1 Å². The second-order valence-electron chi connectivity index (χ2n) is 6.37. The van der Waals surface area contributed by atoms with Crippen LogP contribution in [0.4, 0.5) is 4.39 Å². The lowest BCUT2D eigenvalue weighted by Gasteiger charge is -2.14. The summed E-state index contributed by atoms with van der Waals surface area (Å²) in [6.45, 7) is 2.74. The minimum absolute atomic E-state index is 0.310. The molecule has 0 radical (unpaired) electrons. The van der Waals surface area contributed by atoms with Crippen LogP contribution in [0, 0.1) is 5.82 Å². The zero-order valence-electron chi connectivity index (χ0n) is 16.6. The van der Waals surface area contributed by atoms with E-state index < -0.39 is 11.7 Å². The number of nitrogens with one attached hydrogen (secondary N) is 1. The van der Waals surface area contributed by atoms with Gasteiger partial charge >= 0.3 is 0 Å². The molecule has 0 spiro atoms. The standard InChI is InChI=1S/C23H19Br2FN2O3/c1-2-30-21-11-17(13-27-28-23(29)16-5-9-19(26)10-6-16)20(25)12-22(21)31-14-15-3-7-18(24)8-4-15/h3-13H,2,14H2,1H3,(H,28,29)/b27-13-. The average molecular weight is 550 g/mol. The first-order valence-corrected chi connectivity index (χ1v) is 11.0. The number of carbonyl (C=O) groups is 1. The maximum Gasteiger partial charge on any atom is 0.271 e. The lowest BCUT2D eigenvalue weighted by atomic mass is 10.2. The van der Waals surface area contributed by atoms with Crippen LogP contribution in [-0.4, -0.2) is 18.7 Å². The van der Waals surface area contributed by atoms with Crippen LogP contribution in [0.1, 0.15) is 28.4 Å². The van der Waals surface area contributed by atoms with Gasteiger partial charge in [0, 0.05) is 20.1 Å². The number of benzene rings is 3. The number of halogens is 3. The van der Waals surface area contributed by atoms with Gasteiger partial charge in [-0.1, -0.05) is 28.1 Å². The SMILES string of the molecule is CCOc1cc(/C=N\NC(=O)c2ccc(F)cc2)c(Br)cc1OCc1ccc(Br)cc1. The molecule has 0 aliphatic rings. The van der Waals surface area contributed by atoms with Gasteiger partial charge in [-0.3, -0.25) is 4.79 Å². The Balaban J connectivity index is 1.71. The smallest absolute Gasteiger partial charge is 0.271 e. The van der Waals surface area contributed by atoms with Crippen LogP contribution < -0.4 is 14.9 Å². The molecule has 0 saturated heterocycles. The van der Waals surface area contributed by atoms with Gasteiger partial charge in [-0.05, 0) is 76.9 Å². The highest BCUT2D eigenvalue weighted by Crippen LogP contribution is 2.34. The number of carbonyl (C=O) groups excluding carboxylic acids is 1. The quantitative estimate of drug-likeness (QED) is 0.273. The molecule has 0 aliphatic heterocycles. The van der Waals surface area contributed by atoms with E-state index in [0.717, 1.165) is 14.5 Å². The van der Waals surface area contributed by atoms with E-state index in [2.05, 4.69) is 42.4 Å². The molecule has 0 heterocycles. The molecular weight excluding hydrogens is 531 g/mol. The number of rotatable bonds is 8. The number of hydrogen-bond donors (Lipinski definition) is 1. The van der Waals surface area contributed by atoms with Crippen LogP contribution in [-0.2, 0) is 6.61 Å². The van der Waals surface area contributed by atoms with Gasteiger partial charge in [-0.2, -0.15) is 5.10 Å². The normalized spacial score (nSPS) is 10.8. The fraction of sp³-hybridized carbons (Fsp3) is 0.130. The van der Waals surface area contributed by atoms with Crippen LogP contribution in [0.2, 0.25) is 0 Å². The molecular formula is C23H19Br2FN2O3. The molecule has 3 aromatic rings. The van der Waals surface area contributed by atoms with E-state index in [1.807, 2.05) is 31.2 Å². The molecule has 3 rings (SSSR count). The van der Waals surface area contributed by atoms with E-state index in [0.29, 0.717) is 35.8 Å². The van der Waals surface area contributed by atoms with Crippen molar-refractivity contribution >= 4 is 44.0 Å². The van der Waals surface area contributed by atoms with Crippen molar-refractivity contribution < 1.29 is 18.7 Å². The first kappa shape index (κ1) is 23.0. The molecule has 0 fully saturated rings. The van der Waals surface area contributed by atoms with Crippen LogP contribution in [0.5, 0.6) is 11.5 Å². The van der Waals surface area contributed by atoms with E-state index in [9.17, 15) is 9.18 Å². The minimum atomic E-state index is -0.438. The summed E-state index contributed by atoms with van der Waals surface area (Å²) in [6, 6.07) is 16.7. The van der Waals surface area contributed by atoms with Gasteiger partial charge in [0.15, 0.2) is 11.5 Å². The average Bonchev–Trinajstić information content (AvgIpc) is 2.76. The Bertz CT molecular complexity index is 1070. The first-order chi connectivity index (χ1) is 15.0. The largest absolute Gasteiger partial charge is 0.490 e. The van der Waals surface area contributed by atoms with Crippen molar-refractivity contribution in [2.24, 2.45) is 5.10 Å². The molecule has 3 aromatic carbocycles. The summed E-state index contributed by atoms with van der Waals surface area (Å²) < 4.78 is 26.4. The van der Waals surface area contributed by atoms with Crippen LogP contribution in [0.25, 0.3) is 0 Å². The Morgan fingerprint density at radius 1 is 1.03 bits per heavy atom. The topological polar surface area (TPSA) is 59.9 Å². The van der Waals surface area contributed by atoms with Crippen molar-refractivity contribution in [3.8, 4) is 11.5 Å². The molecule has 0 unspecified atom stereocenters. The van der Waals surface area contributed by atoms with E-state index >= 15 is 0 Å². The molecule has 0 bridgehead atoms. The zero-order chi connectivity index (χ0) is 22.2. The molecule has 0 atom stereocenters. The second kappa shape index (κ2) is 11.1. The van der Waals surface area contributed by atoms with Crippen LogP contribution >= 0.6 is 31.9 Å². The van der Waals surface area contributed by atoms with E-state index in [4.69, 9.17) is 9.47 Å². The van der Waals surface area contributed by atoms with Gasteiger partial charge in [0.1, 0.15) is 12.4 Å². The third-order valence-corrected chi connectivity index (χ3v) is 5.36. The highest BCUT2D eigenvalue weighted by molar-refractivity contribution is 9.10. The third kappa shape index (κ3) is 6.63. The molecule has 1 amide bonds. The lowest BCUT2D eigenvalue weighted by Crippen LogP contribution is -2.17. The van der Waals surface area contributed by atoms with Crippen molar-refractivity contribution in [1.82, 2.24) is 5.43 Å². The number of hydrogen-bond acceptors (Lipinski definition) is 4. The van der Waals surface area contributed by atoms with E-state index in [1.54, 1.807) is 12.1 Å². The van der Waals surface area contributed by atoms with Crippen molar-refractivity contribution in [3.63, 3.8) is 0 Å². The molecule has 160 valence electrons. The maximum absolute atomic E-state index is 13.0. The van der Waals surface area contributed by atoms with Gasteiger partial charge in [-0.15, -0.1) is 0 Å². The number of ether oxygens (including phenoxy) is 2. The molecule has 31 heavy (non-hydrogen) atoms. The lowest BCUT2D eigenvalue weighted by molar-refractivity contribution is 0.0955. The van der Waals surface area contributed by atoms with Crippen molar-refractivity contribution in [2.45, 2.75) is 13.5 Å². The van der Waals surface area contributed by atoms with Gasteiger partial charge in [0.05, 0.1) is 12.8 Å². The molecule has 0 saturated carbocycles. The van der Waals surface area contributed by atoms with E-state index in [-0.39, 0.29) is 0 Å². The number of hydrazone groups is 1. The summed E-state index contributed by atoms with van der Waals surface area (Å²) >= 11 is 6.92. The Hall–Kier alpha value is -2.71. The summed E-state index contributed by atoms with van der Waals surface area (Å²) in [4.78, 5) is 12.1. The molecule has 8 heteroatoms. The third-order valence-electron chi connectivity index (χ3n) is 4.15. The summed E-state index contributed by atoms with van der Waals surface area (Å²) in [5.41, 5.74) is 4.45. The second-order valence-corrected chi connectivity index (χ2v) is 8.14. The summed E-state index contributed by atoms with van der Waals surface area (Å²) in [7, 11) is 0. The predicted octanol–water partition coefficient (Wildman–Crippen LogP) is 6.09. The molecule has 0 aliphatic carbocycles. The monoisotopic (exact) mass is 548 g/mol. The highest BCUT2D eigenvalue weighted by Gasteiger charge is 2.11. The Morgan fingerprint density at radius 2 is 1.71 bits per heavy atom. The first-order valence-electron chi connectivity index (χ1n) is 9.39. The van der Waals surface area contributed by atoms with Gasteiger partial charge in [0.2, 0.25) is 0 Å². The Morgan fingerprint density at radius 3 is 2.39 bits per heavy atom. The summed E-state index contributed by atoms with van der Waals surface area (Å²) in [6.07, 6.45) is 1.49. The number of amides is 1. The predicted molar refractivity (Wildman–Crippen MR) is 125 cm³/mol. The van der Waals surface area contributed by atoms with E-state index in [1.165, 1.54) is 30.5 Å². The fourth-order valence-electron chi connectivity index (χ4n) is 2.60. The Labute approximate surface area is 196 Å². The molecule has 1 N–H and O–H groups in total. The Kier molecular flexibility index (Phi) is 8.20. The van der Waals surface area contributed by atoms with Crippen LogP contribution in [0.3, 0.4) is 0 Å². The summed E-state index contributed by atoms with van der Waals surface area (Å²) in [5.74, 6) is 0.306. The van der Waals surface area contributed by atoms with Gasteiger partial charge < -0.3 is 9.47 Å². The number of nitrogens with zero attached hydrogens (tertiary/aromatic N) is 1. The van der Waals surface area contributed by atoms with Crippen molar-refractivity contribution in [2.75, 3.05) is 6.61 Å². The molecule has 0 aromatic heterocycles. The molecule has 5 nitrogen and oxygen atoms in total. The fourth-order valence-corrected chi connectivity index (χ4v) is 3.29. The van der Waals surface area contributed by atoms with Gasteiger partial charge in [0.25, 0.3) is 5.91 Å². The van der Waals surface area contributed by atoms with Crippen molar-refractivity contribution in [1.29, 1.82) is 0 Å². The minimum Gasteiger partial charge on any atom is -0.490 e. The van der Waals surface area contributed by atoms with Crippen LogP contribution in [0.15, 0.2) is 74.7 Å². The zero-order valence-corrected chi connectivity index (χ0v) is 19.7. The summed E-state index contributed by atoms with van der Waals surface area (Å²) in [5, 5.41) is 3.98.